The number of nitrogens with zero attached hydrogens (tertiary/aromatic N) is 1. The second kappa shape index (κ2) is 11.8. The van der Waals surface area contributed by atoms with Gasteiger partial charge in [-0.05, 0) is 44.4 Å². The monoisotopic (exact) mass is 433 g/mol. The largest absolute Gasteiger partial charge is 0.352 e. The number of ketones is 2. The molecule has 2 rings (SSSR count). The number of hydrogen-bond donors (Lipinski definition) is 2. The summed E-state index contributed by atoms with van der Waals surface area (Å²) in [6, 6.07) is -0.544. The van der Waals surface area contributed by atoms with Crippen molar-refractivity contribution in [1.29, 1.82) is 0 Å². The first-order valence-corrected chi connectivity index (χ1v) is 11.4. The highest BCUT2D eigenvalue weighted by atomic mass is 16.2. The Balaban J connectivity index is 1.65. The van der Waals surface area contributed by atoms with Crippen LogP contribution in [0.25, 0.3) is 0 Å². The van der Waals surface area contributed by atoms with Crippen LogP contribution in [0.1, 0.15) is 77.6 Å². The Kier molecular flexibility index (Phi) is 9.40. The van der Waals surface area contributed by atoms with Gasteiger partial charge in [0.25, 0.3) is 11.8 Å². The van der Waals surface area contributed by atoms with Gasteiger partial charge in [-0.1, -0.05) is 26.2 Å². The molecule has 0 spiro atoms. The molecule has 0 unspecified atom stereocenters. The molecule has 1 atom stereocenters. The highest BCUT2D eigenvalue weighted by molar-refractivity contribution is 6.12. The normalized spacial score (nSPS) is 18.0. The van der Waals surface area contributed by atoms with Crippen LogP contribution in [0.15, 0.2) is 12.2 Å². The maximum absolute atomic E-state index is 12.9. The lowest BCUT2D eigenvalue weighted by Crippen LogP contribution is -2.45. The predicted octanol–water partition coefficient (Wildman–Crippen LogP) is 2.65. The third kappa shape index (κ3) is 7.01. The van der Waals surface area contributed by atoms with Gasteiger partial charge >= 0.3 is 6.03 Å². The van der Waals surface area contributed by atoms with E-state index in [4.69, 9.17) is 5.73 Å². The van der Waals surface area contributed by atoms with Crippen molar-refractivity contribution >= 4 is 29.4 Å². The minimum Gasteiger partial charge on any atom is -0.352 e. The quantitative estimate of drug-likeness (QED) is 0.233. The Morgan fingerprint density at radius 1 is 1.03 bits per heavy atom. The molecule has 1 fully saturated rings. The zero-order chi connectivity index (χ0) is 22.9. The number of nitrogens with one attached hydrogen (secondary N) is 1. The smallest absolute Gasteiger partial charge is 0.312 e. The number of urea groups is 1. The molecule has 4 amide bonds. The molecule has 0 radical (unpaired) electrons. The average Bonchev–Trinajstić information content (AvgIpc) is 2.98. The molecule has 1 heterocycles. The number of imide groups is 1. The van der Waals surface area contributed by atoms with Crippen molar-refractivity contribution in [2.75, 3.05) is 13.1 Å². The fourth-order valence-electron chi connectivity index (χ4n) is 4.32. The zero-order valence-electron chi connectivity index (χ0n) is 18.5. The zero-order valence-corrected chi connectivity index (χ0v) is 18.5. The van der Waals surface area contributed by atoms with Gasteiger partial charge < -0.3 is 11.1 Å². The van der Waals surface area contributed by atoms with Crippen molar-refractivity contribution in [1.82, 2.24) is 10.2 Å². The molecule has 8 heteroatoms. The summed E-state index contributed by atoms with van der Waals surface area (Å²) < 4.78 is 0. The van der Waals surface area contributed by atoms with Gasteiger partial charge in [0.15, 0.2) is 0 Å². The number of carbonyl (C=O) groups excluding carboxylic acids is 5. The molecule has 172 valence electrons. The van der Waals surface area contributed by atoms with Crippen molar-refractivity contribution in [2.45, 2.75) is 77.6 Å². The lowest BCUT2D eigenvalue weighted by molar-refractivity contribution is -0.147. The Labute approximate surface area is 184 Å². The molecule has 1 aliphatic heterocycles. The van der Waals surface area contributed by atoms with Gasteiger partial charge in [0.2, 0.25) is 0 Å². The van der Waals surface area contributed by atoms with Gasteiger partial charge in [-0.2, -0.15) is 0 Å². The van der Waals surface area contributed by atoms with E-state index in [-0.39, 0.29) is 29.3 Å². The standard InChI is InChI=1S/C23H35N3O5/c1-17(8-6-14-25-22(24)31)16-19(28)23(12-7-13-23)18(27)9-4-2-3-5-15-26-20(29)10-11-21(26)30/h10-11,17H,2-9,12-16H2,1H3,(H3,24,25,31)/t17-/m1/s1. The van der Waals surface area contributed by atoms with Gasteiger partial charge in [-0.25, -0.2) is 4.79 Å². The van der Waals surface area contributed by atoms with E-state index in [1.807, 2.05) is 6.92 Å². The minimum atomic E-state index is -0.778. The van der Waals surface area contributed by atoms with Gasteiger partial charge in [0.1, 0.15) is 11.6 Å². The van der Waals surface area contributed by atoms with Crippen molar-refractivity contribution in [3.63, 3.8) is 0 Å². The van der Waals surface area contributed by atoms with E-state index in [0.29, 0.717) is 38.8 Å². The van der Waals surface area contributed by atoms with Crippen LogP contribution in [0, 0.1) is 11.3 Å². The summed E-state index contributed by atoms with van der Waals surface area (Å²) >= 11 is 0. The van der Waals surface area contributed by atoms with E-state index in [9.17, 15) is 24.0 Å². The second-order valence-electron chi connectivity index (χ2n) is 8.85. The van der Waals surface area contributed by atoms with Crippen molar-refractivity contribution in [2.24, 2.45) is 17.1 Å². The van der Waals surface area contributed by atoms with E-state index in [2.05, 4.69) is 5.32 Å². The predicted molar refractivity (Wildman–Crippen MR) is 116 cm³/mol. The molecule has 8 nitrogen and oxygen atoms in total. The van der Waals surface area contributed by atoms with Crippen LogP contribution in [-0.4, -0.2) is 47.4 Å². The number of primary amides is 1. The van der Waals surface area contributed by atoms with Crippen LogP contribution in [0.2, 0.25) is 0 Å². The molecule has 0 aromatic carbocycles. The average molecular weight is 434 g/mol. The van der Waals surface area contributed by atoms with E-state index >= 15 is 0 Å². The molecule has 0 aromatic heterocycles. The summed E-state index contributed by atoms with van der Waals surface area (Å²) in [5.74, 6) is -0.219. The number of Topliss-reactive ketones (excluding diaryl/α,β-unsaturated/α-hetero) is 2. The van der Waals surface area contributed by atoms with Gasteiger partial charge in [0.05, 0.1) is 5.41 Å². The maximum Gasteiger partial charge on any atom is 0.312 e. The number of amides is 4. The van der Waals surface area contributed by atoms with Crippen molar-refractivity contribution in [3.05, 3.63) is 12.2 Å². The summed E-state index contributed by atoms with van der Waals surface area (Å²) in [6.45, 7) is 2.91. The fraction of sp³-hybridized carbons (Fsp3) is 0.696. The summed E-state index contributed by atoms with van der Waals surface area (Å²) in [7, 11) is 0. The van der Waals surface area contributed by atoms with Gasteiger partial charge in [-0.15, -0.1) is 0 Å². The Bertz CT molecular complexity index is 709. The van der Waals surface area contributed by atoms with Crippen molar-refractivity contribution in [3.8, 4) is 0 Å². The molecule has 1 aliphatic carbocycles. The Morgan fingerprint density at radius 3 is 2.26 bits per heavy atom. The first-order chi connectivity index (χ1) is 14.8. The fourth-order valence-corrected chi connectivity index (χ4v) is 4.32. The maximum atomic E-state index is 12.9. The molecule has 3 N–H and O–H groups in total. The van der Waals surface area contributed by atoms with Crippen molar-refractivity contribution < 1.29 is 24.0 Å². The molecule has 31 heavy (non-hydrogen) atoms. The van der Waals surface area contributed by atoms with Crippen LogP contribution in [0.5, 0.6) is 0 Å². The van der Waals surface area contributed by atoms with E-state index in [0.717, 1.165) is 44.9 Å². The molecule has 0 bridgehead atoms. The van der Waals surface area contributed by atoms with E-state index in [1.165, 1.54) is 17.1 Å². The van der Waals surface area contributed by atoms with E-state index < -0.39 is 11.4 Å². The third-order valence-corrected chi connectivity index (χ3v) is 6.42. The minimum absolute atomic E-state index is 0.0673. The Hall–Kier alpha value is -2.51. The molecule has 0 aromatic rings. The molecule has 1 saturated carbocycles. The van der Waals surface area contributed by atoms with Gasteiger partial charge in [0, 0.05) is 38.1 Å². The summed E-state index contributed by atoms with van der Waals surface area (Å²) in [5, 5.41) is 2.54. The SMILES string of the molecule is C[C@H](CCCNC(N)=O)CC(=O)C1(C(=O)CCCCCCN2C(=O)C=CC2=O)CCC1. The number of hydrogen-bond acceptors (Lipinski definition) is 5. The van der Waals surface area contributed by atoms with Crippen LogP contribution in [-0.2, 0) is 19.2 Å². The number of carbonyl (C=O) groups is 5. The van der Waals surface area contributed by atoms with Crippen LogP contribution < -0.4 is 11.1 Å². The summed E-state index contributed by atoms with van der Waals surface area (Å²) in [6.07, 6.45) is 10.3. The van der Waals surface area contributed by atoms with Crippen LogP contribution in [0.4, 0.5) is 4.79 Å². The molecular weight excluding hydrogens is 398 g/mol. The Morgan fingerprint density at radius 2 is 1.68 bits per heavy atom. The van der Waals surface area contributed by atoms with Crippen LogP contribution >= 0.6 is 0 Å². The first-order valence-electron chi connectivity index (χ1n) is 11.4. The topological polar surface area (TPSA) is 127 Å². The highest BCUT2D eigenvalue weighted by Crippen LogP contribution is 2.45. The lowest BCUT2D eigenvalue weighted by atomic mass is 9.61. The number of nitrogens with two attached hydrogens (primary N) is 1. The number of rotatable bonds is 15. The lowest BCUT2D eigenvalue weighted by Gasteiger charge is -2.39. The number of unbranched alkanes of at least 4 members (excludes halogenated alkanes) is 3. The summed E-state index contributed by atoms with van der Waals surface area (Å²) in [4.78, 5) is 60.7. The van der Waals surface area contributed by atoms with Gasteiger partial charge in [-0.3, -0.25) is 24.1 Å². The highest BCUT2D eigenvalue weighted by Gasteiger charge is 2.49. The molecular formula is C23H35N3O5. The summed E-state index contributed by atoms with van der Waals surface area (Å²) in [5.41, 5.74) is 4.26. The second-order valence-corrected chi connectivity index (χ2v) is 8.85. The first kappa shape index (κ1) is 24.8. The van der Waals surface area contributed by atoms with Crippen LogP contribution in [0.3, 0.4) is 0 Å². The van der Waals surface area contributed by atoms with E-state index in [1.54, 1.807) is 0 Å². The molecule has 0 saturated heterocycles. The third-order valence-electron chi connectivity index (χ3n) is 6.42. The molecule has 2 aliphatic rings.